The molecular formula is C33H45N3O6Si2. The monoisotopic (exact) mass is 635 g/mol. The summed E-state index contributed by atoms with van der Waals surface area (Å²) in [4.78, 5) is 28.1. The second-order valence-electron chi connectivity index (χ2n) is 11.5. The van der Waals surface area contributed by atoms with Gasteiger partial charge in [0.1, 0.15) is 6.29 Å². The molecule has 236 valence electrons. The summed E-state index contributed by atoms with van der Waals surface area (Å²) in [5.41, 5.74) is 10.8. The first-order valence-corrected chi connectivity index (χ1v) is 19.1. The minimum Gasteiger partial charge on any atom is -0.493 e. The molecule has 3 aromatic carbocycles. The first-order valence-electron chi connectivity index (χ1n) is 15.1. The number of anilines is 1. The SMILES string of the molecule is COc1cc2c(cc1OC)CN(CCc1ccc(NC(=O)c3cc(C(C)(C)C(O[SiH2]C)O[SiH2]C)ccc3C(N)=O)cc1)CC2. The van der Waals surface area contributed by atoms with Gasteiger partial charge in [-0.2, -0.15) is 0 Å². The van der Waals surface area contributed by atoms with E-state index >= 15 is 0 Å². The highest BCUT2D eigenvalue weighted by Gasteiger charge is 2.33. The van der Waals surface area contributed by atoms with Crippen molar-refractivity contribution in [1.82, 2.24) is 4.90 Å². The molecule has 9 nitrogen and oxygen atoms in total. The van der Waals surface area contributed by atoms with E-state index in [2.05, 4.69) is 35.4 Å². The Morgan fingerprint density at radius 2 is 1.57 bits per heavy atom. The Balaban J connectivity index is 1.42. The topological polar surface area (TPSA) is 112 Å². The van der Waals surface area contributed by atoms with Crippen molar-refractivity contribution >= 4 is 37.0 Å². The third kappa shape index (κ3) is 7.77. The molecular weight excluding hydrogens is 591 g/mol. The number of nitrogens with two attached hydrogens (primary N) is 1. The summed E-state index contributed by atoms with van der Waals surface area (Å²) in [6.45, 7) is 10.9. The largest absolute Gasteiger partial charge is 0.493 e. The molecule has 1 heterocycles. The Hall–Kier alpha value is -3.49. The number of primary amides is 1. The molecule has 0 spiro atoms. The van der Waals surface area contributed by atoms with Crippen molar-refractivity contribution in [2.24, 2.45) is 5.73 Å². The maximum absolute atomic E-state index is 13.5. The highest BCUT2D eigenvalue weighted by Crippen LogP contribution is 2.34. The summed E-state index contributed by atoms with van der Waals surface area (Å²) in [5, 5.41) is 2.95. The van der Waals surface area contributed by atoms with Gasteiger partial charge in [-0.25, -0.2) is 0 Å². The second kappa shape index (κ2) is 15.0. The molecule has 0 unspecified atom stereocenters. The number of ether oxygens (including phenoxy) is 2. The molecule has 0 saturated carbocycles. The van der Waals surface area contributed by atoms with Gasteiger partial charge in [-0.05, 0) is 71.5 Å². The van der Waals surface area contributed by atoms with E-state index in [-0.39, 0.29) is 11.1 Å². The maximum atomic E-state index is 13.5. The molecule has 4 rings (SSSR count). The predicted octanol–water partition coefficient (Wildman–Crippen LogP) is 3.56. The van der Waals surface area contributed by atoms with Gasteiger partial charge in [0, 0.05) is 30.7 Å². The third-order valence-corrected chi connectivity index (χ3v) is 9.50. The maximum Gasteiger partial charge on any atom is 0.256 e. The van der Waals surface area contributed by atoms with Gasteiger partial charge < -0.3 is 29.4 Å². The van der Waals surface area contributed by atoms with Crippen molar-refractivity contribution in [3.8, 4) is 11.5 Å². The molecule has 0 radical (unpaired) electrons. The lowest BCUT2D eigenvalue weighted by molar-refractivity contribution is -0.0433. The van der Waals surface area contributed by atoms with E-state index < -0.39 is 43.0 Å². The van der Waals surface area contributed by atoms with Crippen LogP contribution in [0, 0.1) is 0 Å². The second-order valence-corrected chi connectivity index (χ2v) is 13.3. The van der Waals surface area contributed by atoms with Crippen LogP contribution in [-0.4, -0.2) is 69.8 Å². The molecule has 0 fully saturated rings. The van der Waals surface area contributed by atoms with Crippen LogP contribution < -0.4 is 20.5 Å². The van der Waals surface area contributed by atoms with Crippen LogP contribution in [0.5, 0.6) is 11.5 Å². The van der Waals surface area contributed by atoms with Crippen molar-refractivity contribution in [3.63, 3.8) is 0 Å². The number of methoxy groups -OCH3 is 2. The molecule has 2 amide bonds. The molecule has 3 aromatic rings. The number of carbonyl (C=O) groups is 2. The summed E-state index contributed by atoms with van der Waals surface area (Å²) in [7, 11) is 1.88. The summed E-state index contributed by atoms with van der Waals surface area (Å²) in [6, 6.07) is 17.2. The number of hydrogen-bond acceptors (Lipinski definition) is 7. The van der Waals surface area contributed by atoms with E-state index in [0.29, 0.717) is 5.69 Å². The predicted molar refractivity (Wildman–Crippen MR) is 179 cm³/mol. The van der Waals surface area contributed by atoms with Crippen molar-refractivity contribution in [1.29, 1.82) is 0 Å². The number of rotatable bonds is 14. The fraction of sp³-hybridized carbons (Fsp3) is 0.394. The fourth-order valence-corrected chi connectivity index (χ4v) is 7.45. The Morgan fingerprint density at radius 3 is 2.16 bits per heavy atom. The molecule has 0 atom stereocenters. The zero-order valence-corrected chi connectivity index (χ0v) is 29.5. The van der Waals surface area contributed by atoms with Crippen molar-refractivity contribution < 1.29 is 27.9 Å². The number of benzene rings is 3. The number of fused-ring (bicyclic) bond motifs is 1. The first kappa shape index (κ1) is 33.4. The van der Waals surface area contributed by atoms with Crippen LogP contribution in [0.25, 0.3) is 0 Å². The average molecular weight is 636 g/mol. The first-order chi connectivity index (χ1) is 21.1. The van der Waals surface area contributed by atoms with Gasteiger partial charge in [-0.3, -0.25) is 14.5 Å². The average Bonchev–Trinajstić information content (AvgIpc) is 3.03. The van der Waals surface area contributed by atoms with E-state index in [1.807, 2.05) is 44.2 Å². The van der Waals surface area contributed by atoms with Crippen molar-refractivity contribution in [3.05, 3.63) is 88.0 Å². The van der Waals surface area contributed by atoms with E-state index in [9.17, 15) is 9.59 Å². The van der Waals surface area contributed by atoms with Crippen LogP contribution in [0.15, 0.2) is 54.6 Å². The van der Waals surface area contributed by atoms with E-state index in [1.165, 1.54) is 16.7 Å². The minimum absolute atomic E-state index is 0.172. The van der Waals surface area contributed by atoms with Gasteiger partial charge in [0.15, 0.2) is 31.0 Å². The molecule has 1 aliphatic heterocycles. The van der Waals surface area contributed by atoms with Crippen LogP contribution >= 0.6 is 0 Å². The molecule has 1 aliphatic rings. The van der Waals surface area contributed by atoms with Crippen LogP contribution in [0.4, 0.5) is 5.69 Å². The summed E-state index contributed by atoms with van der Waals surface area (Å²) in [5.74, 6) is 0.483. The molecule has 44 heavy (non-hydrogen) atoms. The molecule has 0 bridgehead atoms. The van der Waals surface area contributed by atoms with E-state index in [1.54, 1.807) is 26.4 Å². The normalized spacial score (nSPS) is 14.6. The molecule has 0 saturated heterocycles. The van der Waals surface area contributed by atoms with E-state index in [0.717, 1.165) is 49.5 Å². The number of hydrogen-bond donors (Lipinski definition) is 2. The third-order valence-electron chi connectivity index (χ3n) is 8.22. The van der Waals surface area contributed by atoms with Crippen LogP contribution in [0.3, 0.4) is 0 Å². The van der Waals surface area contributed by atoms with Gasteiger partial charge in [-0.1, -0.05) is 45.1 Å². The molecule has 3 N–H and O–H groups in total. The van der Waals surface area contributed by atoms with Crippen LogP contribution in [0.2, 0.25) is 13.1 Å². The summed E-state index contributed by atoms with van der Waals surface area (Å²) < 4.78 is 23.0. The van der Waals surface area contributed by atoms with Gasteiger partial charge in [0.25, 0.3) is 5.91 Å². The lowest BCUT2D eigenvalue weighted by Crippen LogP contribution is -2.39. The smallest absolute Gasteiger partial charge is 0.256 e. The fourth-order valence-electron chi connectivity index (χ4n) is 5.62. The lowest BCUT2D eigenvalue weighted by Gasteiger charge is -2.35. The highest BCUT2D eigenvalue weighted by atomic mass is 28.2. The number of amides is 2. The van der Waals surface area contributed by atoms with Crippen LogP contribution in [-0.2, 0) is 33.7 Å². The minimum atomic E-state index is -0.722. The zero-order valence-electron chi connectivity index (χ0n) is 26.7. The van der Waals surface area contributed by atoms with Crippen molar-refractivity contribution in [2.75, 3.05) is 32.6 Å². The standard InChI is InChI=1S/C33H45N3O6Si2/c1-33(2,32(41-43-5)42-44-6)24-9-12-26(30(34)37)27(19-24)31(38)35-25-10-7-21(8-11-25)13-15-36-16-14-22-17-28(39-3)29(40-4)18-23(22)20-36/h7-12,17-19,32H,13-16,20,43-44H2,1-6H3,(H2,34,37)(H,35,38). The van der Waals surface area contributed by atoms with Gasteiger partial charge in [-0.15, -0.1) is 0 Å². The molecule has 0 aromatic heterocycles. The van der Waals surface area contributed by atoms with Crippen LogP contribution in [0.1, 0.15) is 56.8 Å². The lowest BCUT2D eigenvalue weighted by atomic mass is 9.82. The zero-order chi connectivity index (χ0) is 31.9. The number of nitrogens with one attached hydrogen (secondary N) is 1. The summed E-state index contributed by atoms with van der Waals surface area (Å²) in [6.07, 6.45) is 1.45. The van der Waals surface area contributed by atoms with E-state index in [4.69, 9.17) is 24.1 Å². The van der Waals surface area contributed by atoms with Gasteiger partial charge >= 0.3 is 0 Å². The molecule has 11 heteroatoms. The Morgan fingerprint density at radius 1 is 0.932 bits per heavy atom. The number of carbonyl (C=O) groups excluding carboxylic acids is 2. The van der Waals surface area contributed by atoms with Gasteiger partial charge in [0.2, 0.25) is 5.91 Å². The van der Waals surface area contributed by atoms with Crippen molar-refractivity contribution in [2.45, 2.75) is 58.0 Å². The Kier molecular flexibility index (Phi) is 11.4. The van der Waals surface area contributed by atoms with Gasteiger partial charge in [0.05, 0.1) is 25.3 Å². The highest BCUT2D eigenvalue weighted by molar-refractivity contribution is 6.26. The summed E-state index contributed by atoms with van der Waals surface area (Å²) >= 11 is 0. The molecule has 0 aliphatic carbocycles. The Bertz CT molecular complexity index is 1460. The Labute approximate surface area is 265 Å². The number of nitrogens with zero attached hydrogens (tertiary/aromatic N) is 1. The quantitative estimate of drug-likeness (QED) is 0.206.